The number of aryl methyl sites for hydroxylation is 2. The lowest BCUT2D eigenvalue weighted by atomic mass is 9.73. The van der Waals surface area contributed by atoms with E-state index in [9.17, 15) is 9.59 Å². The lowest BCUT2D eigenvalue weighted by Gasteiger charge is -2.38. The summed E-state index contributed by atoms with van der Waals surface area (Å²) in [5, 5.41) is 1.09. The Balaban J connectivity index is 0.000000165. The highest BCUT2D eigenvalue weighted by Gasteiger charge is 2.43. The van der Waals surface area contributed by atoms with Crippen molar-refractivity contribution in [3.8, 4) is 0 Å². The number of ketones is 1. The molecule has 0 radical (unpaired) electrons. The predicted molar refractivity (Wildman–Crippen MR) is 158 cm³/mol. The van der Waals surface area contributed by atoms with Crippen LogP contribution in [0.5, 0.6) is 0 Å². The van der Waals surface area contributed by atoms with E-state index in [1.807, 2.05) is 62.5 Å². The van der Waals surface area contributed by atoms with Crippen molar-refractivity contribution in [1.82, 2.24) is 19.0 Å². The largest absolute Gasteiger partial charge is 0.465 e. The summed E-state index contributed by atoms with van der Waals surface area (Å²) in [6.07, 6.45) is 7.31. The average molecular weight is 541 g/mol. The first kappa shape index (κ1) is 27.8. The fraction of sp³-hybridized carbons (Fsp3) is 0.424. The number of nitrogens with zero attached hydrogens (tertiary/aromatic N) is 4. The minimum atomic E-state index is -0.441. The van der Waals surface area contributed by atoms with Crippen molar-refractivity contribution in [3.63, 3.8) is 0 Å². The fourth-order valence-corrected chi connectivity index (χ4v) is 6.31. The molecule has 4 aromatic rings. The Bertz CT molecular complexity index is 1480. The third-order valence-corrected chi connectivity index (χ3v) is 8.75. The highest BCUT2D eigenvalue weighted by atomic mass is 16.5. The van der Waals surface area contributed by atoms with Crippen molar-refractivity contribution in [2.24, 2.45) is 13.0 Å². The zero-order valence-corrected chi connectivity index (χ0v) is 24.1. The molecule has 1 unspecified atom stereocenters. The van der Waals surface area contributed by atoms with Crippen LogP contribution in [-0.4, -0.2) is 57.5 Å². The summed E-state index contributed by atoms with van der Waals surface area (Å²) in [5.74, 6) is 1.23. The molecular formula is C33H40N4O3. The Kier molecular flexibility index (Phi) is 8.22. The third kappa shape index (κ3) is 5.22. The minimum Gasteiger partial charge on any atom is -0.465 e. The second kappa shape index (κ2) is 11.8. The van der Waals surface area contributed by atoms with Crippen molar-refractivity contribution in [2.45, 2.75) is 51.5 Å². The molecule has 0 saturated carbocycles. The van der Waals surface area contributed by atoms with Crippen molar-refractivity contribution >= 4 is 22.7 Å². The van der Waals surface area contributed by atoms with E-state index in [0.29, 0.717) is 6.61 Å². The summed E-state index contributed by atoms with van der Waals surface area (Å²) in [5.41, 5.74) is 3.93. The van der Waals surface area contributed by atoms with Gasteiger partial charge in [0.25, 0.3) is 0 Å². The summed E-state index contributed by atoms with van der Waals surface area (Å²) in [6.45, 7) is 6.90. The summed E-state index contributed by atoms with van der Waals surface area (Å²) >= 11 is 0. The lowest BCUT2D eigenvalue weighted by molar-refractivity contribution is -0.152. The molecule has 0 bridgehead atoms. The molecule has 1 fully saturated rings. The van der Waals surface area contributed by atoms with Crippen LogP contribution in [0.1, 0.15) is 53.6 Å². The maximum atomic E-state index is 13.0. The Morgan fingerprint density at radius 1 is 1.05 bits per heavy atom. The summed E-state index contributed by atoms with van der Waals surface area (Å²) in [6, 6.07) is 18.3. The summed E-state index contributed by atoms with van der Waals surface area (Å²) in [4.78, 5) is 31.9. The molecule has 2 aromatic carbocycles. The van der Waals surface area contributed by atoms with Gasteiger partial charge in [-0.05, 0) is 71.3 Å². The second-order valence-electron chi connectivity index (χ2n) is 11.1. The Morgan fingerprint density at radius 3 is 2.42 bits per heavy atom. The van der Waals surface area contributed by atoms with Gasteiger partial charge in [-0.3, -0.25) is 9.59 Å². The molecule has 1 aliphatic heterocycles. The van der Waals surface area contributed by atoms with E-state index in [2.05, 4.69) is 45.2 Å². The molecule has 40 heavy (non-hydrogen) atoms. The average Bonchev–Trinajstić information content (AvgIpc) is 3.52. The molecular weight excluding hydrogens is 500 g/mol. The van der Waals surface area contributed by atoms with E-state index in [0.717, 1.165) is 73.2 Å². The molecule has 7 nitrogen and oxygen atoms in total. The quantitative estimate of drug-likeness (QED) is 0.320. The summed E-state index contributed by atoms with van der Waals surface area (Å²) in [7, 11) is 4.16. The number of fused-ring (bicyclic) bond motifs is 3. The monoisotopic (exact) mass is 540 g/mol. The Morgan fingerprint density at radius 2 is 1.75 bits per heavy atom. The number of hydrogen-bond acceptors (Lipinski definition) is 5. The SMILES string of the molecule is CCOC(=O)C1(c2ccccc2)CCN(C)CC1.Cc1nccn1CC1CCc2c(c3ccccc3n2C)C1=O. The van der Waals surface area contributed by atoms with Crippen LogP contribution in [0.3, 0.4) is 0 Å². The van der Waals surface area contributed by atoms with Crippen LogP contribution in [-0.2, 0) is 35.0 Å². The molecule has 7 heteroatoms. The number of rotatable bonds is 5. The van der Waals surface area contributed by atoms with E-state index in [1.165, 1.54) is 5.69 Å². The second-order valence-corrected chi connectivity index (χ2v) is 11.1. The van der Waals surface area contributed by atoms with Crippen LogP contribution >= 0.6 is 0 Å². The number of carbonyl (C=O) groups excluding carboxylic acids is 2. The van der Waals surface area contributed by atoms with E-state index >= 15 is 0 Å². The molecule has 0 spiro atoms. The number of imidazole rings is 1. The van der Waals surface area contributed by atoms with E-state index in [1.54, 1.807) is 6.20 Å². The van der Waals surface area contributed by atoms with Gasteiger partial charge < -0.3 is 18.8 Å². The van der Waals surface area contributed by atoms with Crippen molar-refractivity contribution < 1.29 is 14.3 Å². The van der Waals surface area contributed by atoms with Crippen LogP contribution in [0.4, 0.5) is 0 Å². The molecule has 2 aromatic heterocycles. The van der Waals surface area contributed by atoms with E-state index in [4.69, 9.17) is 4.74 Å². The van der Waals surface area contributed by atoms with Gasteiger partial charge in [0, 0.05) is 54.1 Å². The number of carbonyl (C=O) groups is 2. The number of aromatic nitrogens is 3. The van der Waals surface area contributed by atoms with Crippen molar-refractivity contribution in [1.29, 1.82) is 0 Å². The van der Waals surface area contributed by atoms with E-state index in [-0.39, 0.29) is 17.7 Å². The molecule has 1 saturated heterocycles. The molecule has 0 N–H and O–H groups in total. The van der Waals surface area contributed by atoms with Crippen LogP contribution in [0.25, 0.3) is 10.9 Å². The molecule has 1 atom stereocenters. The van der Waals surface area contributed by atoms with Crippen molar-refractivity contribution in [2.75, 3.05) is 26.7 Å². The topological polar surface area (TPSA) is 69.4 Å². The number of piperidine rings is 1. The van der Waals surface area contributed by atoms with Crippen LogP contribution in [0.2, 0.25) is 0 Å². The summed E-state index contributed by atoms with van der Waals surface area (Å²) < 4.78 is 9.58. The first-order valence-electron chi connectivity index (χ1n) is 14.3. The fourth-order valence-electron chi connectivity index (χ4n) is 6.31. The lowest BCUT2D eigenvalue weighted by Crippen LogP contribution is -2.47. The van der Waals surface area contributed by atoms with Crippen LogP contribution in [0, 0.1) is 12.8 Å². The molecule has 0 amide bonds. The van der Waals surface area contributed by atoms with Crippen molar-refractivity contribution in [3.05, 3.63) is 89.6 Å². The maximum Gasteiger partial charge on any atom is 0.316 e. The number of Topliss-reactive ketones (excluding diaryl/α,β-unsaturated/α-hetero) is 1. The number of para-hydroxylation sites is 1. The number of hydrogen-bond donors (Lipinski definition) is 0. The number of benzene rings is 2. The first-order valence-corrected chi connectivity index (χ1v) is 14.3. The predicted octanol–water partition coefficient (Wildman–Crippen LogP) is 5.34. The molecule has 2 aliphatic rings. The van der Waals surface area contributed by atoms with Gasteiger partial charge >= 0.3 is 5.97 Å². The minimum absolute atomic E-state index is 0.0474. The van der Waals surface area contributed by atoms with Gasteiger partial charge in [-0.15, -0.1) is 0 Å². The van der Waals surface area contributed by atoms with Gasteiger partial charge in [0.2, 0.25) is 0 Å². The Labute approximate surface area is 236 Å². The van der Waals surface area contributed by atoms with Gasteiger partial charge in [0.05, 0.1) is 12.0 Å². The van der Waals surface area contributed by atoms with Crippen LogP contribution in [0.15, 0.2) is 67.0 Å². The zero-order chi connectivity index (χ0) is 28.3. The number of esters is 1. The Hall–Kier alpha value is -3.71. The third-order valence-electron chi connectivity index (χ3n) is 8.75. The van der Waals surface area contributed by atoms with Gasteiger partial charge in [-0.2, -0.15) is 0 Å². The number of ether oxygens (including phenoxy) is 1. The van der Waals surface area contributed by atoms with Crippen LogP contribution < -0.4 is 0 Å². The molecule has 210 valence electrons. The molecule has 1 aliphatic carbocycles. The standard InChI is InChI=1S/C18H19N3O.C15H21NO2/c1-12-19-9-10-21(12)11-13-7-8-16-17(18(13)22)14-5-3-4-6-15(14)20(16)2;1-3-18-14(17)15(9-11-16(2)12-10-15)13-7-5-4-6-8-13/h3-6,9-10,13H,7-8,11H2,1-2H3;4-8H,3,9-12H2,1-2H3. The number of likely N-dealkylation sites (tertiary alicyclic amines) is 1. The smallest absolute Gasteiger partial charge is 0.316 e. The van der Waals surface area contributed by atoms with Gasteiger partial charge in [-0.1, -0.05) is 48.5 Å². The highest BCUT2D eigenvalue weighted by Crippen LogP contribution is 2.37. The molecule has 3 heterocycles. The maximum absolute atomic E-state index is 13.0. The first-order chi connectivity index (χ1) is 19.4. The van der Waals surface area contributed by atoms with Gasteiger partial charge in [-0.25, -0.2) is 4.98 Å². The molecule has 6 rings (SSSR count). The van der Waals surface area contributed by atoms with Gasteiger partial charge in [0.15, 0.2) is 5.78 Å². The normalized spacial score (nSPS) is 18.6. The zero-order valence-electron chi connectivity index (χ0n) is 24.1. The van der Waals surface area contributed by atoms with E-state index < -0.39 is 5.41 Å². The highest BCUT2D eigenvalue weighted by molar-refractivity contribution is 6.11. The van der Waals surface area contributed by atoms with Gasteiger partial charge in [0.1, 0.15) is 5.82 Å².